The van der Waals surface area contributed by atoms with Crippen molar-refractivity contribution in [3.63, 3.8) is 0 Å². The molecule has 0 spiro atoms. The lowest BCUT2D eigenvalue weighted by atomic mass is 9.68. The van der Waals surface area contributed by atoms with Gasteiger partial charge in [-0.25, -0.2) is 0 Å². The Morgan fingerprint density at radius 2 is 0.786 bits per heavy atom. The van der Waals surface area contributed by atoms with E-state index in [1.54, 1.807) is 0 Å². The largest absolute Gasteiger partial charge is 0.310 e. The molecule has 1 aliphatic rings. The van der Waals surface area contributed by atoms with Gasteiger partial charge in [0.1, 0.15) is 0 Å². The molecule has 0 aliphatic heterocycles. The van der Waals surface area contributed by atoms with E-state index in [1.165, 1.54) is 107 Å². The second-order valence-electron chi connectivity index (χ2n) is 18.4. The van der Waals surface area contributed by atoms with Gasteiger partial charge in [-0.1, -0.05) is 200 Å². The number of rotatable bonds is 8. The van der Waals surface area contributed by atoms with Crippen molar-refractivity contribution in [2.24, 2.45) is 0 Å². The first-order valence-electron chi connectivity index (χ1n) is 24.0. The molecule has 0 atom stereocenters. The molecular formula is C67H43NS2. The Balaban J connectivity index is 0.896. The highest BCUT2D eigenvalue weighted by atomic mass is 32.1. The zero-order valence-corrected chi connectivity index (χ0v) is 39.7. The summed E-state index contributed by atoms with van der Waals surface area (Å²) in [6, 6.07) is 96.8. The fourth-order valence-corrected chi connectivity index (χ4v) is 13.7. The minimum Gasteiger partial charge on any atom is -0.310 e. The number of nitrogens with zero attached hydrogens (tertiary/aromatic N) is 1. The van der Waals surface area contributed by atoms with E-state index in [0.29, 0.717) is 0 Å². The van der Waals surface area contributed by atoms with Gasteiger partial charge in [-0.2, -0.15) is 0 Å². The van der Waals surface area contributed by atoms with Gasteiger partial charge in [0.15, 0.2) is 0 Å². The molecule has 328 valence electrons. The van der Waals surface area contributed by atoms with Gasteiger partial charge < -0.3 is 4.90 Å². The number of hydrogen-bond acceptors (Lipinski definition) is 3. The van der Waals surface area contributed by atoms with Gasteiger partial charge in [0.25, 0.3) is 0 Å². The molecule has 0 N–H and O–H groups in total. The molecule has 1 nitrogen and oxygen atoms in total. The van der Waals surface area contributed by atoms with Gasteiger partial charge in [-0.05, 0) is 127 Å². The molecule has 14 rings (SSSR count). The second kappa shape index (κ2) is 16.4. The normalized spacial score (nSPS) is 12.7. The summed E-state index contributed by atoms with van der Waals surface area (Å²) in [6.45, 7) is 0. The summed E-state index contributed by atoms with van der Waals surface area (Å²) in [7, 11) is 0. The quantitative estimate of drug-likeness (QED) is 0.147. The van der Waals surface area contributed by atoms with E-state index >= 15 is 0 Å². The van der Waals surface area contributed by atoms with Crippen molar-refractivity contribution in [1.82, 2.24) is 0 Å². The van der Waals surface area contributed by atoms with Crippen LogP contribution < -0.4 is 4.90 Å². The maximum atomic E-state index is 2.44. The molecule has 1 aliphatic carbocycles. The van der Waals surface area contributed by atoms with Gasteiger partial charge in [0.2, 0.25) is 0 Å². The summed E-state index contributed by atoms with van der Waals surface area (Å²) >= 11 is 3.74. The van der Waals surface area contributed by atoms with Crippen LogP contribution >= 0.6 is 22.7 Å². The lowest BCUT2D eigenvalue weighted by Gasteiger charge is -2.34. The Kier molecular flexibility index (Phi) is 9.55. The van der Waals surface area contributed by atoms with Crippen molar-refractivity contribution in [2.75, 3.05) is 4.90 Å². The summed E-state index contributed by atoms with van der Waals surface area (Å²) in [5.41, 5.74) is 17.7. The van der Waals surface area contributed by atoms with Crippen molar-refractivity contribution in [3.8, 4) is 44.5 Å². The van der Waals surface area contributed by atoms with Crippen molar-refractivity contribution in [1.29, 1.82) is 0 Å². The van der Waals surface area contributed by atoms with Gasteiger partial charge >= 0.3 is 0 Å². The molecule has 0 amide bonds. The smallest absolute Gasteiger partial charge is 0.0713 e. The van der Waals surface area contributed by atoms with Crippen LogP contribution in [-0.2, 0) is 5.41 Å². The Morgan fingerprint density at radius 1 is 0.271 bits per heavy atom. The standard InChI is InChI=1S/C67H43NS2/c1-3-16-49(17-4-1)67(50-18-5-2-6-19-50)61-26-10-7-21-55(61)59-43-53(38-39-62(59)67)68(52-20-13-15-48(41-52)54-24-14-25-58-56-22-8-12-28-64(56)70-66(54)58)51-36-33-45(34-37-51)44-29-31-46(32-30-44)47-35-40-65-60(42-47)57-23-9-11-27-63(57)69-65/h1-43H. The fourth-order valence-electron chi connectivity index (χ4n) is 11.4. The fraction of sp³-hybridized carbons (Fsp3) is 0.0149. The van der Waals surface area contributed by atoms with E-state index in [-0.39, 0.29) is 0 Å². The van der Waals surface area contributed by atoms with Crippen molar-refractivity contribution < 1.29 is 0 Å². The van der Waals surface area contributed by atoms with Crippen molar-refractivity contribution in [3.05, 3.63) is 283 Å². The van der Waals surface area contributed by atoms with Crippen molar-refractivity contribution in [2.45, 2.75) is 5.41 Å². The van der Waals surface area contributed by atoms with Crippen LogP contribution in [0.3, 0.4) is 0 Å². The topological polar surface area (TPSA) is 3.24 Å². The molecule has 0 unspecified atom stereocenters. The average molecular weight is 926 g/mol. The Bertz CT molecular complexity index is 4070. The number of anilines is 3. The van der Waals surface area contributed by atoms with E-state index in [1.807, 2.05) is 22.7 Å². The third-order valence-corrected chi connectivity index (χ3v) is 16.9. The maximum Gasteiger partial charge on any atom is 0.0713 e. The van der Waals surface area contributed by atoms with E-state index in [4.69, 9.17) is 0 Å². The number of fused-ring (bicyclic) bond motifs is 9. The first-order valence-corrected chi connectivity index (χ1v) is 25.6. The predicted octanol–water partition coefficient (Wildman–Crippen LogP) is 19.3. The molecule has 70 heavy (non-hydrogen) atoms. The van der Waals surface area contributed by atoms with Crippen LogP contribution in [0.2, 0.25) is 0 Å². The molecule has 3 heteroatoms. The molecule has 13 aromatic rings. The molecule has 0 saturated heterocycles. The van der Waals surface area contributed by atoms with Gasteiger partial charge in [0.05, 0.1) is 5.41 Å². The summed E-state index contributed by atoms with van der Waals surface area (Å²) in [4.78, 5) is 2.44. The van der Waals surface area contributed by atoms with E-state index < -0.39 is 5.41 Å². The van der Waals surface area contributed by atoms with Crippen molar-refractivity contribution >= 4 is 80.1 Å². The van der Waals surface area contributed by atoms with Crippen LogP contribution in [0.25, 0.3) is 84.9 Å². The molecule has 0 bridgehead atoms. The Labute approximate surface area is 415 Å². The number of hydrogen-bond donors (Lipinski definition) is 0. The monoisotopic (exact) mass is 925 g/mol. The van der Waals surface area contributed by atoms with Gasteiger partial charge in [-0.3, -0.25) is 0 Å². The molecular weight excluding hydrogens is 883 g/mol. The number of thiophene rings is 2. The number of benzene rings is 11. The predicted molar refractivity (Wildman–Crippen MR) is 301 cm³/mol. The zero-order chi connectivity index (χ0) is 46.2. The minimum absolute atomic E-state index is 0.469. The zero-order valence-electron chi connectivity index (χ0n) is 38.1. The molecule has 0 radical (unpaired) electrons. The van der Waals surface area contributed by atoms with Gasteiger partial charge in [-0.15, -0.1) is 22.7 Å². The lowest BCUT2D eigenvalue weighted by Crippen LogP contribution is -2.28. The van der Waals surface area contributed by atoms with E-state index in [9.17, 15) is 0 Å². The van der Waals surface area contributed by atoms with Crippen LogP contribution in [0.15, 0.2) is 261 Å². The van der Waals surface area contributed by atoms with E-state index in [0.717, 1.165) is 17.1 Å². The third-order valence-electron chi connectivity index (χ3n) is 14.6. The van der Waals surface area contributed by atoms with Crippen LogP contribution in [0.5, 0.6) is 0 Å². The second-order valence-corrected chi connectivity index (χ2v) is 20.5. The summed E-state index contributed by atoms with van der Waals surface area (Å²) in [6.07, 6.45) is 0. The Hall–Kier alpha value is -8.34. The maximum absolute atomic E-state index is 2.44. The van der Waals surface area contributed by atoms with Crippen LogP contribution in [-0.4, -0.2) is 0 Å². The highest BCUT2D eigenvalue weighted by Crippen LogP contribution is 2.57. The van der Waals surface area contributed by atoms with Crippen LogP contribution in [0.4, 0.5) is 17.1 Å². The molecule has 11 aromatic carbocycles. The summed E-state index contributed by atoms with van der Waals surface area (Å²) in [5.74, 6) is 0. The third kappa shape index (κ3) is 6.43. The van der Waals surface area contributed by atoms with E-state index in [2.05, 4.69) is 266 Å². The van der Waals surface area contributed by atoms with Crippen LogP contribution in [0, 0.1) is 0 Å². The Morgan fingerprint density at radius 3 is 1.53 bits per heavy atom. The average Bonchev–Trinajstić information content (AvgIpc) is 4.10. The highest BCUT2D eigenvalue weighted by molar-refractivity contribution is 7.26. The lowest BCUT2D eigenvalue weighted by molar-refractivity contribution is 0.768. The van der Waals surface area contributed by atoms with Crippen LogP contribution in [0.1, 0.15) is 22.3 Å². The summed E-state index contributed by atoms with van der Waals surface area (Å²) in [5, 5.41) is 5.27. The van der Waals surface area contributed by atoms with Gasteiger partial charge in [0, 0.05) is 57.4 Å². The minimum atomic E-state index is -0.469. The molecule has 0 fully saturated rings. The summed E-state index contributed by atoms with van der Waals surface area (Å²) < 4.78 is 5.29. The molecule has 0 saturated carbocycles. The molecule has 2 heterocycles. The first kappa shape index (κ1) is 40.7. The SMILES string of the molecule is c1ccc(C2(c3ccccc3)c3ccccc3-c3cc(N(c4ccc(-c5ccc(-c6ccc7sc8ccccc8c7c6)cc5)cc4)c4cccc(-c5cccc6c5sc5ccccc56)c4)ccc32)cc1. The highest BCUT2D eigenvalue weighted by Gasteiger charge is 2.46. The molecule has 2 aromatic heterocycles. The first-order chi connectivity index (χ1) is 34.7.